The van der Waals surface area contributed by atoms with Gasteiger partial charge in [0.1, 0.15) is 0 Å². The minimum Gasteiger partial charge on any atom is -0.478 e. The maximum Gasteiger partial charge on any atom is 0.336 e. The molecular weight excluding hydrogens is 262 g/mol. The van der Waals surface area contributed by atoms with Crippen LogP contribution in [0.2, 0.25) is 0 Å². The number of carbonyl (C=O) groups excluding carboxylic acids is 1. The number of carboxylic acids is 1. The quantitative estimate of drug-likeness (QED) is 0.888. The van der Waals surface area contributed by atoms with E-state index in [-0.39, 0.29) is 21.8 Å². The van der Waals surface area contributed by atoms with Gasteiger partial charge < -0.3 is 10.4 Å². The van der Waals surface area contributed by atoms with Crippen LogP contribution < -0.4 is 5.32 Å². The summed E-state index contributed by atoms with van der Waals surface area (Å²) in [5.41, 5.74) is 0.269. The number of hydrogen-bond donors (Lipinski definition) is 2. The van der Waals surface area contributed by atoms with E-state index in [0.717, 1.165) is 12.2 Å². The Kier molecular flexibility index (Phi) is 4.14. The van der Waals surface area contributed by atoms with Gasteiger partial charge >= 0.3 is 5.97 Å². The lowest BCUT2D eigenvalue weighted by Crippen LogP contribution is -2.37. The molecule has 1 fully saturated rings. The Morgan fingerprint density at radius 3 is 2.63 bits per heavy atom. The van der Waals surface area contributed by atoms with E-state index in [1.807, 2.05) is 11.8 Å². The lowest BCUT2D eigenvalue weighted by atomic mass is 10.0. The minimum atomic E-state index is -1.08. The highest BCUT2D eigenvalue weighted by Crippen LogP contribution is 2.36. The zero-order chi connectivity index (χ0) is 13.9. The van der Waals surface area contributed by atoms with Crippen molar-refractivity contribution in [2.24, 2.45) is 0 Å². The second-order valence-corrected chi connectivity index (χ2v) is 6.62. The Morgan fingerprint density at radius 2 is 2.05 bits per heavy atom. The van der Waals surface area contributed by atoms with Crippen LogP contribution in [0, 0.1) is 0 Å². The van der Waals surface area contributed by atoms with Gasteiger partial charge in [-0.15, -0.1) is 0 Å². The van der Waals surface area contributed by atoms with Crippen LogP contribution in [0.5, 0.6) is 0 Å². The largest absolute Gasteiger partial charge is 0.478 e. The molecule has 4 nitrogen and oxygen atoms in total. The Balaban J connectivity index is 2.06. The molecule has 1 aromatic carbocycles. The highest BCUT2D eigenvalue weighted by atomic mass is 32.2. The molecule has 1 heterocycles. The number of carbonyl (C=O) groups is 2. The molecule has 2 N–H and O–H groups in total. The molecule has 19 heavy (non-hydrogen) atoms. The van der Waals surface area contributed by atoms with Crippen molar-refractivity contribution < 1.29 is 14.7 Å². The Labute approximate surface area is 116 Å². The van der Waals surface area contributed by atoms with E-state index in [2.05, 4.69) is 12.2 Å². The molecule has 1 atom stereocenters. The summed E-state index contributed by atoms with van der Waals surface area (Å²) >= 11 is 1.86. The van der Waals surface area contributed by atoms with Crippen molar-refractivity contribution >= 4 is 23.6 Å². The van der Waals surface area contributed by atoms with Gasteiger partial charge in [0.25, 0.3) is 5.91 Å². The fourth-order valence-corrected chi connectivity index (χ4v) is 3.45. The first-order chi connectivity index (χ1) is 9.02. The topological polar surface area (TPSA) is 66.4 Å². The zero-order valence-electron chi connectivity index (χ0n) is 10.8. The van der Waals surface area contributed by atoms with Crippen LogP contribution in [0.3, 0.4) is 0 Å². The summed E-state index contributed by atoms with van der Waals surface area (Å²) in [7, 11) is 0. The van der Waals surface area contributed by atoms with Gasteiger partial charge in [-0.1, -0.05) is 12.1 Å². The van der Waals surface area contributed by atoms with Crippen molar-refractivity contribution in [1.29, 1.82) is 0 Å². The highest BCUT2D eigenvalue weighted by Gasteiger charge is 2.30. The molecule has 1 aliphatic rings. The molecule has 1 amide bonds. The normalized spacial score (nSPS) is 22.2. The van der Waals surface area contributed by atoms with Crippen LogP contribution >= 0.6 is 11.8 Å². The SMILES string of the molecule is CC1(CNC(=O)c2ccccc2C(=O)O)CCCS1. The summed E-state index contributed by atoms with van der Waals surface area (Å²) in [6, 6.07) is 6.29. The summed E-state index contributed by atoms with van der Waals surface area (Å²) in [6.07, 6.45) is 2.25. The monoisotopic (exact) mass is 279 g/mol. The molecule has 1 aliphatic heterocycles. The summed E-state index contributed by atoms with van der Waals surface area (Å²) in [4.78, 5) is 23.2. The van der Waals surface area contributed by atoms with Crippen LogP contribution in [-0.2, 0) is 0 Å². The average Bonchev–Trinajstić information content (AvgIpc) is 2.83. The summed E-state index contributed by atoms with van der Waals surface area (Å²) in [6.45, 7) is 2.71. The molecular formula is C14H17NO3S. The number of rotatable bonds is 4. The van der Waals surface area contributed by atoms with Crippen molar-refractivity contribution in [3.05, 3.63) is 35.4 Å². The van der Waals surface area contributed by atoms with E-state index in [0.29, 0.717) is 6.54 Å². The Hall–Kier alpha value is -1.49. The van der Waals surface area contributed by atoms with Gasteiger partial charge in [-0.2, -0.15) is 11.8 Å². The van der Waals surface area contributed by atoms with Crippen molar-refractivity contribution in [2.75, 3.05) is 12.3 Å². The fourth-order valence-electron chi connectivity index (χ4n) is 2.21. The molecule has 0 bridgehead atoms. The first kappa shape index (κ1) is 13.9. The summed E-state index contributed by atoms with van der Waals surface area (Å²) < 4.78 is 0.0772. The van der Waals surface area contributed by atoms with Crippen LogP contribution in [0.15, 0.2) is 24.3 Å². The van der Waals surface area contributed by atoms with E-state index in [1.165, 1.54) is 12.5 Å². The molecule has 0 saturated carbocycles. The standard InChI is InChI=1S/C14H17NO3S/c1-14(7-4-8-19-14)9-15-12(16)10-5-2-3-6-11(10)13(17)18/h2-3,5-6H,4,7-9H2,1H3,(H,15,16)(H,17,18). The maximum atomic E-state index is 12.1. The number of carboxylic acid groups (broad SMARTS) is 1. The minimum absolute atomic E-state index is 0.0456. The van der Waals surface area contributed by atoms with Gasteiger partial charge in [0.15, 0.2) is 0 Å². The third-order valence-corrected chi connectivity index (χ3v) is 4.86. The Bertz CT molecular complexity index is 495. The van der Waals surface area contributed by atoms with Gasteiger partial charge in [-0.05, 0) is 37.7 Å². The van der Waals surface area contributed by atoms with E-state index in [1.54, 1.807) is 18.2 Å². The summed E-state index contributed by atoms with van der Waals surface area (Å²) in [5.74, 6) is -0.267. The zero-order valence-corrected chi connectivity index (χ0v) is 11.6. The van der Waals surface area contributed by atoms with E-state index in [9.17, 15) is 9.59 Å². The van der Waals surface area contributed by atoms with Gasteiger partial charge in [0, 0.05) is 11.3 Å². The molecule has 0 aromatic heterocycles. The average molecular weight is 279 g/mol. The second kappa shape index (κ2) is 5.65. The third kappa shape index (κ3) is 3.29. The van der Waals surface area contributed by atoms with E-state index < -0.39 is 5.97 Å². The predicted octanol–water partition coefficient (Wildman–Crippen LogP) is 2.40. The van der Waals surface area contributed by atoms with Crippen LogP contribution in [0.4, 0.5) is 0 Å². The first-order valence-corrected chi connectivity index (χ1v) is 7.25. The molecule has 1 unspecified atom stereocenters. The van der Waals surface area contributed by atoms with Crippen LogP contribution in [-0.4, -0.2) is 34.0 Å². The van der Waals surface area contributed by atoms with Crippen molar-refractivity contribution in [2.45, 2.75) is 24.5 Å². The smallest absolute Gasteiger partial charge is 0.336 e. The molecule has 1 saturated heterocycles. The molecule has 102 valence electrons. The van der Waals surface area contributed by atoms with E-state index in [4.69, 9.17) is 5.11 Å². The third-order valence-electron chi connectivity index (χ3n) is 3.33. The fraction of sp³-hybridized carbons (Fsp3) is 0.429. The molecule has 5 heteroatoms. The number of amides is 1. The highest BCUT2D eigenvalue weighted by molar-refractivity contribution is 8.00. The molecule has 0 aliphatic carbocycles. The second-order valence-electron chi connectivity index (χ2n) is 4.94. The van der Waals surface area contributed by atoms with Gasteiger partial charge in [-0.3, -0.25) is 4.79 Å². The summed E-state index contributed by atoms with van der Waals surface area (Å²) in [5, 5.41) is 11.9. The number of hydrogen-bond acceptors (Lipinski definition) is 3. The lowest BCUT2D eigenvalue weighted by molar-refractivity contribution is 0.0691. The molecule has 0 radical (unpaired) electrons. The van der Waals surface area contributed by atoms with Crippen molar-refractivity contribution in [3.63, 3.8) is 0 Å². The van der Waals surface area contributed by atoms with Gasteiger partial charge in [0.2, 0.25) is 0 Å². The molecule has 1 aromatic rings. The molecule has 0 spiro atoms. The maximum absolute atomic E-state index is 12.1. The van der Waals surface area contributed by atoms with Crippen molar-refractivity contribution in [3.8, 4) is 0 Å². The van der Waals surface area contributed by atoms with Gasteiger partial charge in [0.05, 0.1) is 11.1 Å². The van der Waals surface area contributed by atoms with Crippen LogP contribution in [0.1, 0.15) is 40.5 Å². The lowest BCUT2D eigenvalue weighted by Gasteiger charge is -2.23. The van der Waals surface area contributed by atoms with Crippen LogP contribution in [0.25, 0.3) is 0 Å². The Morgan fingerprint density at radius 1 is 1.37 bits per heavy atom. The van der Waals surface area contributed by atoms with Crippen molar-refractivity contribution in [1.82, 2.24) is 5.32 Å². The molecule has 2 rings (SSSR count). The number of thioether (sulfide) groups is 1. The number of aromatic carboxylic acids is 1. The van der Waals surface area contributed by atoms with E-state index >= 15 is 0 Å². The number of nitrogens with one attached hydrogen (secondary N) is 1. The predicted molar refractivity (Wildman–Crippen MR) is 75.8 cm³/mol. The van der Waals surface area contributed by atoms with Gasteiger partial charge in [-0.25, -0.2) is 4.79 Å². The first-order valence-electron chi connectivity index (χ1n) is 6.26. The number of benzene rings is 1.